The summed E-state index contributed by atoms with van der Waals surface area (Å²) in [6.45, 7) is 2.79. The first-order chi connectivity index (χ1) is 14.7. The second-order valence-electron chi connectivity index (χ2n) is 8.33. The number of fused-ring (bicyclic) bond motifs is 3. The average Bonchev–Trinajstić information content (AvgIpc) is 2.80. The zero-order chi connectivity index (χ0) is 20.4. The van der Waals surface area contributed by atoms with E-state index in [1.807, 2.05) is 42.6 Å². The van der Waals surface area contributed by atoms with Crippen LogP contribution in [0.3, 0.4) is 0 Å². The van der Waals surface area contributed by atoms with Crippen molar-refractivity contribution in [3.05, 3.63) is 83.8 Å². The van der Waals surface area contributed by atoms with E-state index in [4.69, 9.17) is 4.98 Å². The monoisotopic (exact) mass is 395 g/mol. The lowest BCUT2D eigenvalue weighted by molar-refractivity contribution is -0.0713. The van der Waals surface area contributed by atoms with E-state index in [-0.39, 0.29) is 5.92 Å². The van der Waals surface area contributed by atoms with Crippen molar-refractivity contribution in [3.63, 3.8) is 0 Å². The van der Waals surface area contributed by atoms with Gasteiger partial charge in [-0.05, 0) is 61.2 Å². The summed E-state index contributed by atoms with van der Waals surface area (Å²) in [6, 6.07) is 18.4. The lowest BCUT2D eigenvalue weighted by atomic mass is 9.76. The minimum Gasteiger partial charge on any atom is -0.376 e. The van der Waals surface area contributed by atoms with Gasteiger partial charge in [-0.2, -0.15) is 0 Å². The molecule has 6 rings (SSSR count). The molecular formula is C26H25N3O. The molecule has 2 bridgehead atoms. The first-order valence-corrected chi connectivity index (χ1v) is 10.6. The summed E-state index contributed by atoms with van der Waals surface area (Å²) in [7, 11) is 0. The predicted molar refractivity (Wildman–Crippen MR) is 118 cm³/mol. The Kier molecular flexibility index (Phi) is 5.08. The van der Waals surface area contributed by atoms with Gasteiger partial charge in [0.25, 0.3) is 0 Å². The fourth-order valence-electron chi connectivity index (χ4n) is 4.59. The highest BCUT2D eigenvalue weighted by molar-refractivity contribution is 5.60. The Bertz CT molecular complexity index is 1080. The maximum Gasteiger partial charge on any atom is 0.141 e. The van der Waals surface area contributed by atoms with Gasteiger partial charge in [-0.3, -0.25) is 9.88 Å². The smallest absolute Gasteiger partial charge is 0.141 e. The molecule has 0 spiro atoms. The number of hydrogen-bond donors (Lipinski definition) is 1. The Morgan fingerprint density at radius 3 is 2.53 bits per heavy atom. The highest BCUT2D eigenvalue weighted by atomic mass is 16.3. The summed E-state index contributed by atoms with van der Waals surface area (Å²) in [5, 5.41) is 11.2. The third kappa shape index (κ3) is 3.87. The molecule has 3 aliphatic rings. The summed E-state index contributed by atoms with van der Waals surface area (Å²) in [4.78, 5) is 11.5. The number of rotatable bonds is 3. The van der Waals surface area contributed by atoms with Gasteiger partial charge in [0.15, 0.2) is 0 Å². The maximum absolute atomic E-state index is 11.2. The Morgan fingerprint density at radius 1 is 1.03 bits per heavy atom. The third-order valence-corrected chi connectivity index (χ3v) is 6.29. The van der Waals surface area contributed by atoms with Crippen molar-refractivity contribution in [2.24, 2.45) is 5.92 Å². The lowest BCUT2D eigenvalue weighted by Gasteiger charge is -2.47. The number of aromatic nitrogens is 2. The standard InChI is InChI=1S/C26H25N3O/c30-26(19-29-14-10-23(26)11-15-29)12-9-25-21(16-20-6-2-1-3-7-20)17-22(18-28-25)24-8-4-5-13-27-24/h1-8,13,17-18,23,30H,10-11,14-16,19H2. The van der Waals surface area contributed by atoms with Crippen LogP contribution in [-0.2, 0) is 6.42 Å². The molecule has 2 aromatic heterocycles. The number of aliphatic hydroxyl groups is 1. The third-order valence-electron chi connectivity index (χ3n) is 6.29. The summed E-state index contributed by atoms with van der Waals surface area (Å²) in [5.74, 6) is 6.73. The van der Waals surface area contributed by atoms with Crippen molar-refractivity contribution in [3.8, 4) is 23.1 Å². The van der Waals surface area contributed by atoms with Crippen LogP contribution in [0.25, 0.3) is 11.3 Å². The molecule has 5 heterocycles. The molecule has 3 saturated heterocycles. The second kappa shape index (κ2) is 8.02. The van der Waals surface area contributed by atoms with Gasteiger partial charge in [-0.15, -0.1) is 0 Å². The molecule has 3 aromatic rings. The molecule has 150 valence electrons. The van der Waals surface area contributed by atoms with Gasteiger partial charge in [0, 0.05) is 36.8 Å². The largest absolute Gasteiger partial charge is 0.376 e. The number of hydrogen-bond acceptors (Lipinski definition) is 4. The van der Waals surface area contributed by atoms with Crippen LogP contribution in [0.1, 0.15) is 29.7 Å². The fourth-order valence-corrected chi connectivity index (χ4v) is 4.59. The van der Waals surface area contributed by atoms with Crippen molar-refractivity contribution in [1.29, 1.82) is 0 Å². The van der Waals surface area contributed by atoms with Crippen molar-refractivity contribution in [2.45, 2.75) is 24.9 Å². The van der Waals surface area contributed by atoms with Crippen LogP contribution in [-0.4, -0.2) is 45.2 Å². The number of pyridine rings is 2. The summed E-state index contributed by atoms with van der Waals surface area (Å²) >= 11 is 0. The highest BCUT2D eigenvalue weighted by Gasteiger charge is 2.44. The van der Waals surface area contributed by atoms with E-state index < -0.39 is 5.60 Å². The van der Waals surface area contributed by atoms with Crippen LogP contribution in [0.15, 0.2) is 67.0 Å². The fraction of sp³-hybridized carbons (Fsp3) is 0.308. The van der Waals surface area contributed by atoms with Crippen LogP contribution < -0.4 is 0 Å². The molecule has 4 nitrogen and oxygen atoms in total. The van der Waals surface area contributed by atoms with E-state index in [9.17, 15) is 5.11 Å². The van der Waals surface area contributed by atoms with E-state index in [1.54, 1.807) is 6.20 Å². The maximum atomic E-state index is 11.2. The van der Waals surface area contributed by atoms with Crippen molar-refractivity contribution in [1.82, 2.24) is 14.9 Å². The molecule has 30 heavy (non-hydrogen) atoms. The molecule has 0 saturated carbocycles. The van der Waals surface area contributed by atoms with Crippen molar-refractivity contribution in [2.75, 3.05) is 19.6 Å². The van der Waals surface area contributed by atoms with Crippen molar-refractivity contribution < 1.29 is 5.11 Å². The molecule has 4 heteroatoms. The van der Waals surface area contributed by atoms with Gasteiger partial charge in [0.1, 0.15) is 11.3 Å². The van der Waals surface area contributed by atoms with Crippen molar-refractivity contribution >= 4 is 0 Å². The molecule has 3 fully saturated rings. The first-order valence-electron chi connectivity index (χ1n) is 10.6. The van der Waals surface area contributed by atoms with E-state index in [0.717, 1.165) is 54.9 Å². The van der Waals surface area contributed by atoms with E-state index >= 15 is 0 Å². The van der Waals surface area contributed by atoms with E-state index in [2.05, 4.69) is 39.9 Å². The van der Waals surface area contributed by atoms with Crippen LogP contribution in [0, 0.1) is 17.8 Å². The molecule has 3 aliphatic heterocycles. The van der Waals surface area contributed by atoms with Gasteiger partial charge in [0.05, 0.1) is 5.69 Å². The number of nitrogens with zero attached hydrogens (tertiary/aromatic N) is 3. The summed E-state index contributed by atoms with van der Waals surface area (Å²) in [5.41, 5.74) is 3.96. The number of benzene rings is 1. The summed E-state index contributed by atoms with van der Waals surface area (Å²) < 4.78 is 0. The van der Waals surface area contributed by atoms with Crippen LogP contribution in [0.2, 0.25) is 0 Å². The molecule has 1 aromatic carbocycles. The van der Waals surface area contributed by atoms with Gasteiger partial charge in [-0.1, -0.05) is 42.3 Å². The van der Waals surface area contributed by atoms with Crippen LogP contribution >= 0.6 is 0 Å². The van der Waals surface area contributed by atoms with Crippen LogP contribution in [0.5, 0.6) is 0 Å². The zero-order valence-electron chi connectivity index (χ0n) is 17.0. The quantitative estimate of drug-likeness (QED) is 0.689. The SMILES string of the molecule is OC1(C#Cc2ncc(-c3ccccn3)cc2Cc2ccccc2)CN2CCC1CC2. The van der Waals surface area contributed by atoms with E-state index in [1.165, 1.54) is 5.56 Å². The number of piperidine rings is 3. The lowest BCUT2D eigenvalue weighted by Crippen LogP contribution is -2.58. The molecule has 0 aliphatic carbocycles. The zero-order valence-corrected chi connectivity index (χ0v) is 17.0. The Morgan fingerprint density at radius 2 is 1.83 bits per heavy atom. The minimum atomic E-state index is -0.929. The molecule has 0 radical (unpaired) electrons. The summed E-state index contributed by atoms with van der Waals surface area (Å²) in [6.07, 6.45) is 6.42. The molecule has 1 N–H and O–H groups in total. The van der Waals surface area contributed by atoms with Gasteiger partial charge < -0.3 is 5.11 Å². The minimum absolute atomic E-state index is 0.264. The average molecular weight is 396 g/mol. The van der Waals surface area contributed by atoms with Gasteiger partial charge in [0.2, 0.25) is 0 Å². The predicted octanol–water partition coefficient (Wildman–Crippen LogP) is 3.54. The Labute approximate surface area is 177 Å². The van der Waals surface area contributed by atoms with Gasteiger partial charge in [-0.25, -0.2) is 4.98 Å². The molecule has 1 atom stereocenters. The normalized spacial score (nSPS) is 24.8. The molecular weight excluding hydrogens is 370 g/mol. The Balaban J connectivity index is 1.51. The second-order valence-corrected chi connectivity index (χ2v) is 8.33. The van der Waals surface area contributed by atoms with E-state index in [0.29, 0.717) is 6.54 Å². The van der Waals surface area contributed by atoms with Gasteiger partial charge >= 0.3 is 0 Å². The van der Waals surface area contributed by atoms with Crippen LogP contribution in [0.4, 0.5) is 0 Å². The molecule has 0 amide bonds. The first kappa shape index (κ1) is 19.0. The Hall–Kier alpha value is -3.00. The topological polar surface area (TPSA) is 49.3 Å². The molecule has 1 unspecified atom stereocenters. The highest BCUT2D eigenvalue weighted by Crippen LogP contribution is 2.35.